The van der Waals surface area contributed by atoms with Crippen LogP contribution in [0.1, 0.15) is 43.9 Å². The number of nitrogens with one attached hydrogen (secondary N) is 1. The summed E-state index contributed by atoms with van der Waals surface area (Å²) in [7, 11) is 0. The summed E-state index contributed by atoms with van der Waals surface area (Å²) in [5, 5.41) is 3.56. The number of likely N-dealkylation sites (N-methyl/N-ethyl adjacent to an activating group) is 1. The first kappa shape index (κ1) is 14.8. The second kappa shape index (κ2) is 6.75. The summed E-state index contributed by atoms with van der Waals surface area (Å²) in [6, 6.07) is 5.14. The number of aromatic nitrogens is 1. The summed E-state index contributed by atoms with van der Waals surface area (Å²) in [4.78, 5) is 7.15. The van der Waals surface area contributed by atoms with E-state index in [1.54, 1.807) is 0 Å². The van der Waals surface area contributed by atoms with E-state index in [9.17, 15) is 0 Å². The highest BCUT2D eigenvalue weighted by atomic mass is 16.5. The maximum absolute atomic E-state index is 5.75. The molecule has 0 bridgehead atoms. The fraction of sp³-hybridized carbons (Fsp3) is 0.706. The van der Waals surface area contributed by atoms with Crippen LogP contribution in [0.25, 0.3) is 0 Å². The van der Waals surface area contributed by atoms with E-state index < -0.39 is 0 Å². The highest BCUT2D eigenvalue weighted by Crippen LogP contribution is 2.21. The number of anilines is 1. The van der Waals surface area contributed by atoms with Gasteiger partial charge in [-0.1, -0.05) is 6.07 Å². The molecule has 1 saturated heterocycles. The molecule has 0 aromatic carbocycles. The molecule has 1 saturated carbocycles. The summed E-state index contributed by atoms with van der Waals surface area (Å²) in [5.74, 6) is 1.08. The van der Waals surface area contributed by atoms with Gasteiger partial charge in [0.25, 0.3) is 0 Å². The van der Waals surface area contributed by atoms with Gasteiger partial charge in [0.2, 0.25) is 0 Å². The molecule has 116 valence electrons. The van der Waals surface area contributed by atoms with Gasteiger partial charge in [-0.05, 0) is 51.2 Å². The number of nitrogens with zero attached hydrogens (tertiary/aromatic N) is 2. The fourth-order valence-corrected chi connectivity index (χ4v) is 2.90. The average molecular weight is 289 g/mol. The monoisotopic (exact) mass is 289 g/mol. The standard InChI is InChI=1S/C17H27N3O/c1-3-20(12-16-5-4-10-21-16)17-9-6-14(13(2)19-17)11-18-15-7-8-15/h6,9,15-16,18H,3-5,7-8,10-12H2,1-2H3. The van der Waals surface area contributed by atoms with Crippen molar-refractivity contribution in [1.29, 1.82) is 0 Å². The maximum Gasteiger partial charge on any atom is 0.128 e. The largest absolute Gasteiger partial charge is 0.376 e. The molecular formula is C17H27N3O. The van der Waals surface area contributed by atoms with Crippen molar-refractivity contribution < 1.29 is 4.74 Å². The molecule has 4 heteroatoms. The van der Waals surface area contributed by atoms with Crippen molar-refractivity contribution in [3.63, 3.8) is 0 Å². The molecule has 2 fully saturated rings. The third-order valence-corrected chi connectivity index (χ3v) is 4.49. The molecule has 1 atom stereocenters. The lowest BCUT2D eigenvalue weighted by Crippen LogP contribution is -2.32. The molecule has 1 aliphatic carbocycles. The smallest absolute Gasteiger partial charge is 0.128 e. The highest BCUT2D eigenvalue weighted by Gasteiger charge is 2.21. The number of rotatable bonds is 7. The van der Waals surface area contributed by atoms with Crippen LogP contribution < -0.4 is 10.2 Å². The van der Waals surface area contributed by atoms with Crippen molar-refractivity contribution >= 4 is 5.82 Å². The van der Waals surface area contributed by atoms with Gasteiger partial charge >= 0.3 is 0 Å². The molecule has 3 rings (SSSR count). The molecule has 1 aromatic heterocycles. The highest BCUT2D eigenvalue weighted by molar-refractivity contribution is 5.41. The van der Waals surface area contributed by atoms with Gasteiger partial charge in [-0.2, -0.15) is 0 Å². The van der Waals surface area contributed by atoms with Crippen molar-refractivity contribution in [3.05, 3.63) is 23.4 Å². The van der Waals surface area contributed by atoms with E-state index in [-0.39, 0.29) is 0 Å². The minimum atomic E-state index is 0.378. The van der Waals surface area contributed by atoms with Crippen LogP contribution in [0.3, 0.4) is 0 Å². The van der Waals surface area contributed by atoms with Crippen LogP contribution in [0.15, 0.2) is 12.1 Å². The summed E-state index contributed by atoms with van der Waals surface area (Å²) in [6.07, 6.45) is 5.41. The quantitative estimate of drug-likeness (QED) is 0.837. The number of hydrogen-bond acceptors (Lipinski definition) is 4. The van der Waals surface area contributed by atoms with Crippen molar-refractivity contribution in [2.24, 2.45) is 0 Å². The molecule has 4 nitrogen and oxygen atoms in total. The zero-order valence-corrected chi connectivity index (χ0v) is 13.3. The second-order valence-corrected chi connectivity index (χ2v) is 6.24. The molecule has 0 radical (unpaired) electrons. The van der Waals surface area contributed by atoms with Crippen molar-refractivity contribution in [3.8, 4) is 0 Å². The van der Waals surface area contributed by atoms with E-state index >= 15 is 0 Å². The van der Waals surface area contributed by atoms with E-state index in [0.29, 0.717) is 6.10 Å². The first-order valence-electron chi connectivity index (χ1n) is 8.32. The van der Waals surface area contributed by atoms with Crippen molar-refractivity contribution in [2.75, 3.05) is 24.6 Å². The van der Waals surface area contributed by atoms with E-state index in [2.05, 4.69) is 36.2 Å². The lowest BCUT2D eigenvalue weighted by molar-refractivity contribution is 0.115. The third-order valence-electron chi connectivity index (χ3n) is 4.49. The summed E-state index contributed by atoms with van der Waals surface area (Å²) < 4.78 is 5.75. The molecule has 2 heterocycles. The molecule has 21 heavy (non-hydrogen) atoms. The zero-order valence-electron chi connectivity index (χ0n) is 13.3. The summed E-state index contributed by atoms with van der Waals surface area (Å²) in [6.45, 7) is 8.11. The third kappa shape index (κ3) is 3.95. The van der Waals surface area contributed by atoms with E-state index in [1.807, 2.05) is 0 Å². The fourth-order valence-electron chi connectivity index (χ4n) is 2.90. The van der Waals surface area contributed by atoms with Crippen LogP contribution in [-0.2, 0) is 11.3 Å². The lowest BCUT2D eigenvalue weighted by atomic mass is 10.2. The van der Waals surface area contributed by atoms with E-state index in [1.165, 1.54) is 31.2 Å². The van der Waals surface area contributed by atoms with Crippen molar-refractivity contribution in [1.82, 2.24) is 10.3 Å². The Morgan fingerprint density at radius 3 is 2.81 bits per heavy atom. The number of pyridine rings is 1. The molecule has 1 aromatic rings. The summed E-state index contributed by atoms with van der Waals surface area (Å²) >= 11 is 0. The Morgan fingerprint density at radius 2 is 2.19 bits per heavy atom. The van der Waals surface area contributed by atoms with Gasteiger partial charge in [-0.25, -0.2) is 4.98 Å². The minimum absolute atomic E-state index is 0.378. The van der Waals surface area contributed by atoms with Gasteiger partial charge in [-0.3, -0.25) is 0 Å². The lowest BCUT2D eigenvalue weighted by Gasteiger charge is -2.25. The van der Waals surface area contributed by atoms with Crippen LogP contribution in [0, 0.1) is 6.92 Å². The van der Waals surface area contributed by atoms with Gasteiger partial charge in [0.05, 0.1) is 6.10 Å². The van der Waals surface area contributed by atoms with Crippen LogP contribution >= 0.6 is 0 Å². The first-order valence-corrected chi connectivity index (χ1v) is 8.32. The summed E-state index contributed by atoms with van der Waals surface area (Å²) in [5.41, 5.74) is 2.46. The Labute approximate surface area is 127 Å². The molecule has 0 spiro atoms. The zero-order chi connectivity index (χ0) is 14.7. The van der Waals surface area contributed by atoms with Gasteiger partial charge in [0.15, 0.2) is 0 Å². The molecule has 0 amide bonds. The SMILES string of the molecule is CCN(CC1CCCO1)c1ccc(CNC2CC2)c(C)n1. The molecule has 2 aliphatic rings. The van der Waals surface area contributed by atoms with Crippen LogP contribution in [0.4, 0.5) is 5.82 Å². The molecule has 1 unspecified atom stereocenters. The maximum atomic E-state index is 5.75. The van der Waals surface area contributed by atoms with Crippen molar-refractivity contribution in [2.45, 2.75) is 58.2 Å². The van der Waals surface area contributed by atoms with Gasteiger partial charge < -0.3 is 15.0 Å². The van der Waals surface area contributed by atoms with Gasteiger partial charge in [-0.15, -0.1) is 0 Å². The number of ether oxygens (including phenoxy) is 1. The topological polar surface area (TPSA) is 37.4 Å². The Morgan fingerprint density at radius 1 is 1.33 bits per heavy atom. The van der Waals surface area contributed by atoms with Crippen LogP contribution in [0.2, 0.25) is 0 Å². The van der Waals surface area contributed by atoms with Crippen LogP contribution in [-0.4, -0.2) is 36.8 Å². The Hall–Kier alpha value is -1.13. The average Bonchev–Trinajstić information content (AvgIpc) is 3.18. The first-order chi connectivity index (χ1) is 10.3. The Bertz CT molecular complexity index is 467. The second-order valence-electron chi connectivity index (χ2n) is 6.24. The predicted molar refractivity (Wildman–Crippen MR) is 85.7 cm³/mol. The van der Waals surface area contributed by atoms with Gasteiger partial charge in [0, 0.05) is 38.0 Å². The predicted octanol–water partition coefficient (Wildman–Crippen LogP) is 2.65. The van der Waals surface area contributed by atoms with E-state index in [4.69, 9.17) is 9.72 Å². The number of aryl methyl sites for hydroxylation is 1. The Kier molecular flexibility index (Phi) is 4.76. The molecule has 1 N–H and O–H groups in total. The molecular weight excluding hydrogens is 262 g/mol. The Balaban J connectivity index is 1.63. The minimum Gasteiger partial charge on any atom is -0.376 e. The normalized spacial score (nSPS) is 21.7. The number of hydrogen-bond donors (Lipinski definition) is 1. The molecule has 1 aliphatic heterocycles. The van der Waals surface area contributed by atoms with E-state index in [0.717, 1.165) is 43.8 Å². The van der Waals surface area contributed by atoms with Crippen LogP contribution in [0.5, 0.6) is 0 Å². The van der Waals surface area contributed by atoms with Gasteiger partial charge in [0.1, 0.15) is 5.82 Å².